The minimum Gasteiger partial charge on any atom is -0.454 e. The topological polar surface area (TPSA) is 59.1 Å². The highest BCUT2D eigenvalue weighted by Crippen LogP contribution is 2.39. The van der Waals surface area contributed by atoms with Gasteiger partial charge in [-0.15, -0.1) is 0 Å². The van der Waals surface area contributed by atoms with Crippen molar-refractivity contribution in [3.63, 3.8) is 0 Å². The van der Waals surface area contributed by atoms with Gasteiger partial charge in [0.25, 0.3) is 5.91 Å². The Morgan fingerprint density at radius 3 is 2.92 bits per heavy atom. The van der Waals surface area contributed by atoms with Crippen LogP contribution < -0.4 is 9.47 Å². The highest BCUT2D eigenvalue weighted by atomic mass is 16.7. The number of likely N-dealkylation sites (tertiary alicyclic amines) is 1. The molecule has 2 amide bonds. The number of nitrogens with zero attached hydrogens (tertiary/aromatic N) is 2. The van der Waals surface area contributed by atoms with Crippen LogP contribution in [-0.4, -0.2) is 54.1 Å². The van der Waals surface area contributed by atoms with Crippen LogP contribution in [0.4, 0.5) is 0 Å². The second-order valence-corrected chi connectivity index (χ2v) is 7.65. The molecule has 4 aliphatic heterocycles. The number of hydrogen-bond donors (Lipinski definition) is 0. The summed E-state index contributed by atoms with van der Waals surface area (Å²) in [6.07, 6.45) is 3.89. The van der Waals surface area contributed by atoms with E-state index < -0.39 is 0 Å². The summed E-state index contributed by atoms with van der Waals surface area (Å²) >= 11 is 0. The lowest BCUT2D eigenvalue weighted by Crippen LogP contribution is -2.61. The van der Waals surface area contributed by atoms with E-state index in [1.165, 1.54) is 0 Å². The summed E-state index contributed by atoms with van der Waals surface area (Å²) in [5.74, 6) is 2.52. The molecule has 6 heteroatoms. The molecule has 0 radical (unpaired) electrons. The minimum atomic E-state index is 0.0589. The Kier molecular flexibility index (Phi) is 3.40. The van der Waals surface area contributed by atoms with Crippen LogP contribution in [0.1, 0.15) is 36.0 Å². The van der Waals surface area contributed by atoms with Crippen LogP contribution in [-0.2, 0) is 4.79 Å². The van der Waals surface area contributed by atoms with Crippen molar-refractivity contribution >= 4 is 11.8 Å². The fraction of sp³-hybridized carbons (Fsp3) is 0.579. The zero-order chi connectivity index (χ0) is 17.0. The lowest BCUT2D eigenvalue weighted by atomic mass is 9.76. The number of ether oxygens (including phenoxy) is 2. The Labute approximate surface area is 146 Å². The van der Waals surface area contributed by atoms with Crippen molar-refractivity contribution < 1.29 is 19.1 Å². The Morgan fingerprint density at radius 1 is 1.12 bits per heavy atom. The van der Waals surface area contributed by atoms with E-state index in [1.54, 1.807) is 6.07 Å². The van der Waals surface area contributed by atoms with E-state index in [9.17, 15) is 9.59 Å². The quantitative estimate of drug-likeness (QED) is 0.782. The summed E-state index contributed by atoms with van der Waals surface area (Å²) in [5, 5.41) is 0. The van der Waals surface area contributed by atoms with Crippen molar-refractivity contribution in [1.82, 2.24) is 9.80 Å². The predicted octanol–water partition coefficient (Wildman–Crippen LogP) is 1.89. The average molecular weight is 342 g/mol. The molecule has 2 bridgehead atoms. The van der Waals surface area contributed by atoms with Gasteiger partial charge in [0.15, 0.2) is 11.5 Å². The van der Waals surface area contributed by atoms with Gasteiger partial charge in [0.05, 0.1) is 0 Å². The number of carbonyl (C=O) groups is 2. The molecule has 1 aromatic carbocycles. The zero-order valence-electron chi connectivity index (χ0n) is 14.1. The normalized spacial score (nSPS) is 30.2. The largest absolute Gasteiger partial charge is 0.454 e. The summed E-state index contributed by atoms with van der Waals surface area (Å²) in [6.45, 7) is 2.51. The van der Waals surface area contributed by atoms with E-state index in [0.29, 0.717) is 47.3 Å². The summed E-state index contributed by atoms with van der Waals surface area (Å²) < 4.78 is 10.7. The van der Waals surface area contributed by atoms with Gasteiger partial charge in [0.1, 0.15) is 0 Å². The van der Waals surface area contributed by atoms with Crippen molar-refractivity contribution in [3.05, 3.63) is 23.8 Å². The van der Waals surface area contributed by atoms with E-state index in [-0.39, 0.29) is 12.7 Å². The smallest absolute Gasteiger partial charge is 0.254 e. The van der Waals surface area contributed by atoms with Gasteiger partial charge in [-0.1, -0.05) is 0 Å². The van der Waals surface area contributed by atoms with E-state index in [4.69, 9.17) is 9.47 Å². The lowest BCUT2D eigenvalue weighted by molar-refractivity contribution is -0.144. The van der Waals surface area contributed by atoms with Crippen LogP contribution in [0.15, 0.2) is 18.2 Å². The van der Waals surface area contributed by atoms with Gasteiger partial charge in [0, 0.05) is 37.7 Å². The number of amides is 2. The molecule has 0 N–H and O–H groups in total. The van der Waals surface area contributed by atoms with Gasteiger partial charge in [-0.05, 0) is 49.3 Å². The third-order valence-electron chi connectivity index (χ3n) is 6.09. The van der Waals surface area contributed by atoms with E-state index >= 15 is 0 Å². The molecule has 3 unspecified atom stereocenters. The first-order valence-electron chi connectivity index (χ1n) is 9.17. The molecule has 5 rings (SSSR count). The van der Waals surface area contributed by atoms with Crippen molar-refractivity contribution in [2.75, 3.05) is 26.4 Å². The third kappa shape index (κ3) is 2.46. The third-order valence-corrected chi connectivity index (χ3v) is 6.09. The molecule has 0 aromatic heterocycles. The first-order chi connectivity index (χ1) is 12.2. The summed E-state index contributed by atoms with van der Waals surface area (Å²) in [6, 6.07) is 5.73. The van der Waals surface area contributed by atoms with Gasteiger partial charge < -0.3 is 19.3 Å². The number of benzene rings is 1. The van der Waals surface area contributed by atoms with Crippen LogP contribution >= 0.6 is 0 Å². The van der Waals surface area contributed by atoms with Crippen LogP contribution in [0.5, 0.6) is 11.5 Å². The number of carbonyl (C=O) groups excluding carboxylic acids is 2. The summed E-state index contributed by atoms with van der Waals surface area (Å²) in [4.78, 5) is 29.3. The summed E-state index contributed by atoms with van der Waals surface area (Å²) in [5.41, 5.74) is 0.654. The molecular formula is C19H22N2O4. The first kappa shape index (κ1) is 15.0. The predicted molar refractivity (Wildman–Crippen MR) is 89.4 cm³/mol. The van der Waals surface area contributed by atoms with Crippen molar-refractivity contribution in [3.8, 4) is 11.5 Å². The molecule has 0 saturated carbocycles. The van der Waals surface area contributed by atoms with Crippen LogP contribution in [0.25, 0.3) is 0 Å². The van der Waals surface area contributed by atoms with Crippen LogP contribution in [0.2, 0.25) is 0 Å². The molecule has 25 heavy (non-hydrogen) atoms. The van der Waals surface area contributed by atoms with Gasteiger partial charge >= 0.3 is 0 Å². The van der Waals surface area contributed by atoms with Gasteiger partial charge in [0.2, 0.25) is 12.7 Å². The molecule has 4 aliphatic rings. The molecular weight excluding hydrogens is 320 g/mol. The van der Waals surface area contributed by atoms with E-state index in [0.717, 1.165) is 38.9 Å². The number of rotatable bonds is 1. The monoisotopic (exact) mass is 342 g/mol. The SMILES string of the molecule is O=C(c1ccc2c(c1)OCO2)N1CC2CC(C1)C1CCCC(=O)N1C2. The van der Waals surface area contributed by atoms with Crippen LogP contribution in [0.3, 0.4) is 0 Å². The Morgan fingerprint density at radius 2 is 2.00 bits per heavy atom. The zero-order valence-corrected chi connectivity index (χ0v) is 14.1. The first-order valence-corrected chi connectivity index (χ1v) is 9.17. The van der Waals surface area contributed by atoms with E-state index in [1.807, 2.05) is 17.0 Å². The summed E-state index contributed by atoms with van der Waals surface area (Å²) in [7, 11) is 0. The number of piperidine rings is 3. The minimum absolute atomic E-state index is 0.0589. The van der Waals surface area contributed by atoms with Crippen molar-refractivity contribution in [1.29, 1.82) is 0 Å². The molecule has 3 atom stereocenters. The maximum atomic E-state index is 13.0. The molecule has 3 fully saturated rings. The van der Waals surface area contributed by atoms with Crippen molar-refractivity contribution in [2.45, 2.75) is 31.7 Å². The molecule has 132 valence electrons. The Hall–Kier alpha value is -2.24. The Bertz CT molecular complexity index is 734. The fourth-order valence-corrected chi connectivity index (χ4v) is 4.99. The highest BCUT2D eigenvalue weighted by molar-refractivity contribution is 5.95. The maximum Gasteiger partial charge on any atom is 0.254 e. The highest BCUT2D eigenvalue weighted by Gasteiger charge is 2.44. The molecule has 0 aliphatic carbocycles. The standard InChI is InChI=1S/C19H22N2O4/c22-18-3-1-2-15-14-6-12(9-21(15)18)8-20(10-14)19(23)13-4-5-16-17(7-13)25-11-24-16/h4-5,7,12,14-15H,1-3,6,8-11H2. The number of hydrogen-bond acceptors (Lipinski definition) is 4. The van der Waals surface area contributed by atoms with Gasteiger partial charge in [-0.2, -0.15) is 0 Å². The van der Waals surface area contributed by atoms with Gasteiger partial charge in [-0.25, -0.2) is 0 Å². The van der Waals surface area contributed by atoms with Gasteiger partial charge in [-0.3, -0.25) is 9.59 Å². The van der Waals surface area contributed by atoms with E-state index in [2.05, 4.69) is 4.90 Å². The molecule has 3 saturated heterocycles. The lowest BCUT2D eigenvalue weighted by Gasteiger charge is -2.52. The average Bonchev–Trinajstić information content (AvgIpc) is 3.09. The Balaban J connectivity index is 1.36. The second kappa shape index (κ2) is 5.64. The maximum absolute atomic E-state index is 13.0. The fourth-order valence-electron chi connectivity index (χ4n) is 4.99. The molecule has 1 aromatic rings. The molecule has 0 spiro atoms. The number of fused-ring (bicyclic) bond motifs is 5. The molecule has 4 heterocycles. The second-order valence-electron chi connectivity index (χ2n) is 7.65. The molecule has 6 nitrogen and oxygen atoms in total. The van der Waals surface area contributed by atoms with Crippen molar-refractivity contribution in [2.24, 2.45) is 11.8 Å². The van der Waals surface area contributed by atoms with Crippen LogP contribution in [0, 0.1) is 11.8 Å².